The lowest BCUT2D eigenvalue weighted by Crippen LogP contribution is -2.41. The van der Waals surface area contributed by atoms with Gasteiger partial charge in [0.2, 0.25) is 0 Å². The van der Waals surface area contributed by atoms with Gasteiger partial charge < -0.3 is 15.0 Å². The van der Waals surface area contributed by atoms with Crippen LogP contribution < -0.4 is 10.1 Å². The number of amides is 2. The van der Waals surface area contributed by atoms with Crippen molar-refractivity contribution < 1.29 is 22.7 Å². The van der Waals surface area contributed by atoms with E-state index in [1.165, 1.54) is 17.0 Å². The molecular weight excluding hydrogens is 357 g/mol. The SMILES string of the molecule is CN(Cc1ccc(C(F)(F)F)cc1)C(=O)NC[C@H]1COc2ccccc2C1. The van der Waals surface area contributed by atoms with Gasteiger partial charge in [-0.05, 0) is 35.7 Å². The van der Waals surface area contributed by atoms with E-state index >= 15 is 0 Å². The number of hydrogen-bond acceptors (Lipinski definition) is 2. The Morgan fingerprint density at radius 1 is 1.19 bits per heavy atom. The van der Waals surface area contributed by atoms with E-state index in [2.05, 4.69) is 5.32 Å². The van der Waals surface area contributed by atoms with Gasteiger partial charge >= 0.3 is 12.2 Å². The zero-order valence-electron chi connectivity index (χ0n) is 14.9. The molecule has 1 atom stereocenters. The molecule has 4 nitrogen and oxygen atoms in total. The van der Waals surface area contributed by atoms with Crippen molar-refractivity contribution >= 4 is 6.03 Å². The molecule has 0 aliphatic carbocycles. The first kappa shape index (κ1) is 19.1. The van der Waals surface area contributed by atoms with Crippen molar-refractivity contribution in [2.75, 3.05) is 20.2 Å². The summed E-state index contributed by atoms with van der Waals surface area (Å²) in [4.78, 5) is 13.7. The molecule has 0 fully saturated rings. The van der Waals surface area contributed by atoms with Crippen molar-refractivity contribution in [1.29, 1.82) is 0 Å². The van der Waals surface area contributed by atoms with E-state index < -0.39 is 11.7 Å². The largest absolute Gasteiger partial charge is 0.493 e. The summed E-state index contributed by atoms with van der Waals surface area (Å²) < 4.78 is 43.5. The number of nitrogens with zero attached hydrogens (tertiary/aromatic N) is 1. The molecule has 3 rings (SSSR count). The van der Waals surface area contributed by atoms with Crippen molar-refractivity contribution in [2.45, 2.75) is 19.1 Å². The Kier molecular flexibility index (Phi) is 5.58. The molecule has 0 aromatic heterocycles. The highest BCUT2D eigenvalue weighted by Gasteiger charge is 2.30. The molecular formula is C20H21F3N2O2. The van der Waals surface area contributed by atoms with E-state index in [1.807, 2.05) is 24.3 Å². The summed E-state index contributed by atoms with van der Waals surface area (Å²) in [6.45, 7) is 1.25. The Morgan fingerprint density at radius 2 is 1.89 bits per heavy atom. The fourth-order valence-electron chi connectivity index (χ4n) is 3.03. The number of halogens is 3. The number of fused-ring (bicyclic) bond motifs is 1. The predicted octanol–water partition coefficient (Wildman–Crippen LogP) is 4.10. The van der Waals surface area contributed by atoms with Gasteiger partial charge in [-0.2, -0.15) is 13.2 Å². The monoisotopic (exact) mass is 378 g/mol. The highest BCUT2D eigenvalue weighted by molar-refractivity contribution is 5.73. The number of urea groups is 1. The summed E-state index contributed by atoms with van der Waals surface area (Å²) in [6, 6.07) is 12.4. The second-order valence-electron chi connectivity index (χ2n) is 6.73. The molecule has 1 aliphatic heterocycles. The number of carbonyl (C=O) groups is 1. The molecule has 27 heavy (non-hydrogen) atoms. The zero-order chi connectivity index (χ0) is 19.4. The van der Waals surface area contributed by atoms with Gasteiger partial charge in [0.25, 0.3) is 0 Å². The number of carbonyl (C=O) groups excluding carboxylic acids is 1. The number of hydrogen-bond donors (Lipinski definition) is 1. The predicted molar refractivity (Wildman–Crippen MR) is 95.4 cm³/mol. The molecule has 0 spiro atoms. The first-order valence-corrected chi connectivity index (χ1v) is 8.69. The van der Waals surface area contributed by atoms with Crippen molar-refractivity contribution in [3.63, 3.8) is 0 Å². The summed E-state index contributed by atoms with van der Waals surface area (Å²) in [7, 11) is 1.61. The summed E-state index contributed by atoms with van der Waals surface area (Å²) in [6.07, 6.45) is -3.53. The first-order valence-electron chi connectivity index (χ1n) is 8.69. The van der Waals surface area contributed by atoms with Crippen LogP contribution in [0.25, 0.3) is 0 Å². The van der Waals surface area contributed by atoms with Crippen LogP contribution >= 0.6 is 0 Å². The average Bonchev–Trinajstić information content (AvgIpc) is 2.65. The topological polar surface area (TPSA) is 41.6 Å². The third kappa shape index (κ3) is 4.93. The Morgan fingerprint density at radius 3 is 2.59 bits per heavy atom. The molecule has 1 aliphatic rings. The highest BCUT2D eigenvalue weighted by Crippen LogP contribution is 2.29. The second kappa shape index (κ2) is 7.90. The van der Waals surface area contributed by atoms with E-state index in [4.69, 9.17) is 4.74 Å². The van der Waals surface area contributed by atoms with E-state index in [0.717, 1.165) is 29.9 Å². The fourth-order valence-corrected chi connectivity index (χ4v) is 3.03. The smallest absolute Gasteiger partial charge is 0.416 e. The lowest BCUT2D eigenvalue weighted by atomic mass is 9.97. The number of nitrogens with one attached hydrogen (secondary N) is 1. The minimum absolute atomic E-state index is 0.184. The fraction of sp³-hybridized carbons (Fsp3) is 0.350. The number of ether oxygens (including phenoxy) is 1. The van der Waals surface area contributed by atoms with Crippen molar-refractivity contribution in [1.82, 2.24) is 10.2 Å². The Balaban J connectivity index is 1.48. The lowest BCUT2D eigenvalue weighted by Gasteiger charge is -2.26. The Labute approximate surface area is 155 Å². The van der Waals surface area contributed by atoms with Crippen LogP contribution in [-0.2, 0) is 19.1 Å². The third-order valence-electron chi connectivity index (χ3n) is 4.55. The highest BCUT2D eigenvalue weighted by atomic mass is 19.4. The standard InChI is InChI=1S/C20H21F3N2O2/c1-25(12-14-6-8-17(9-7-14)20(21,22)23)19(26)24-11-15-10-16-4-2-3-5-18(16)27-13-15/h2-9,15H,10-13H2,1H3,(H,24,26)/t15-/m0/s1. The number of para-hydroxylation sites is 1. The molecule has 1 N–H and O–H groups in total. The molecule has 2 aromatic rings. The van der Waals surface area contributed by atoms with Crippen LogP contribution in [0.4, 0.5) is 18.0 Å². The zero-order valence-corrected chi connectivity index (χ0v) is 14.9. The normalized spacial score (nSPS) is 16.2. The lowest BCUT2D eigenvalue weighted by molar-refractivity contribution is -0.137. The maximum Gasteiger partial charge on any atom is 0.416 e. The van der Waals surface area contributed by atoms with Crippen LogP contribution in [0.15, 0.2) is 48.5 Å². The summed E-state index contributed by atoms with van der Waals surface area (Å²) in [5, 5.41) is 2.87. The van der Waals surface area contributed by atoms with Gasteiger partial charge in [-0.1, -0.05) is 30.3 Å². The quantitative estimate of drug-likeness (QED) is 0.870. The van der Waals surface area contributed by atoms with Crippen LogP contribution in [-0.4, -0.2) is 31.1 Å². The van der Waals surface area contributed by atoms with Gasteiger partial charge in [0.15, 0.2) is 0 Å². The molecule has 2 amide bonds. The molecule has 0 unspecified atom stereocenters. The van der Waals surface area contributed by atoms with Crippen LogP contribution in [0.1, 0.15) is 16.7 Å². The Bertz CT molecular complexity index is 791. The van der Waals surface area contributed by atoms with Crippen LogP contribution in [0.3, 0.4) is 0 Å². The van der Waals surface area contributed by atoms with Crippen molar-refractivity contribution in [3.8, 4) is 5.75 Å². The van der Waals surface area contributed by atoms with Gasteiger partial charge in [-0.15, -0.1) is 0 Å². The molecule has 7 heteroatoms. The van der Waals surface area contributed by atoms with Gasteiger partial charge in [0.05, 0.1) is 12.2 Å². The van der Waals surface area contributed by atoms with E-state index in [1.54, 1.807) is 7.05 Å². The maximum atomic E-state index is 12.6. The van der Waals surface area contributed by atoms with Crippen LogP contribution in [0.2, 0.25) is 0 Å². The number of benzene rings is 2. The van der Waals surface area contributed by atoms with Crippen LogP contribution in [0, 0.1) is 5.92 Å². The minimum Gasteiger partial charge on any atom is -0.493 e. The number of rotatable bonds is 4. The molecule has 144 valence electrons. The third-order valence-corrected chi connectivity index (χ3v) is 4.55. The Hall–Kier alpha value is -2.70. The molecule has 2 aromatic carbocycles. The van der Waals surface area contributed by atoms with Gasteiger partial charge in [0, 0.05) is 26.1 Å². The molecule has 0 saturated heterocycles. The average molecular weight is 378 g/mol. The number of alkyl halides is 3. The van der Waals surface area contributed by atoms with E-state index in [-0.39, 0.29) is 18.5 Å². The van der Waals surface area contributed by atoms with Gasteiger partial charge in [-0.25, -0.2) is 4.79 Å². The molecule has 0 bridgehead atoms. The van der Waals surface area contributed by atoms with Gasteiger partial charge in [-0.3, -0.25) is 0 Å². The van der Waals surface area contributed by atoms with Crippen molar-refractivity contribution in [2.24, 2.45) is 5.92 Å². The van der Waals surface area contributed by atoms with Gasteiger partial charge in [0.1, 0.15) is 5.75 Å². The van der Waals surface area contributed by atoms with Crippen LogP contribution in [0.5, 0.6) is 5.75 Å². The summed E-state index contributed by atoms with van der Waals surface area (Å²) >= 11 is 0. The molecule has 0 radical (unpaired) electrons. The minimum atomic E-state index is -4.36. The first-order chi connectivity index (χ1) is 12.8. The molecule has 1 heterocycles. The second-order valence-corrected chi connectivity index (χ2v) is 6.73. The summed E-state index contributed by atoms with van der Waals surface area (Å²) in [5.74, 6) is 1.07. The van der Waals surface area contributed by atoms with Crippen molar-refractivity contribution in [3.05, 3.63) is 65.2 Å². The maximum absolute atomic E-state index is 12.6. The molecule has 0 saturated carbocycles. The summed E-state index contributed by atoms with van der Waals surface area (Å²) in [5.41, 5.74) is 1.06. The van der Waals surface area contributed by atoms with E-state index in [9.17, 15) is 18.0 Å². The van der Waals surface area contributed by atoms with E-state index in [0.29, 0.717) is 18.7 Å².